The fourth-order valence-electron chi connectivity index (χ4n) is 2.16. The monoisotopic (exact) mass is 366 g/mol. The number of aliphatic carboxylic acids is 1. The highest BCUT2D eigenvalue weighted by Gasteiger charge is 2.11. The first-order valence-corrected chi connectivity index (χ1v) is 9.32. The van der Waals surface area contributed by atoms with E-state index in [4.69, 9.17) is 15.3 Å². The van der Waals surface area contributed by atoms with Crippen molar-refractivity contribution >= 4 is 40.0 Å². The molecule has 0 spiro atoms. The van der Waals surface area contributed by atoms with E-state index in [1.165, 1.54) is 11.3 Å². The molecule has 4 nitrogen and oxygen atoms in total. The highest BCUT2D eigenvalue weighted by molar-refractivity contribution is 7.26. The molecule has 3 N–H and O–H groups in total. The van der Waals surface area contributed by atoms with Gasteiger partial charge in [0.1, 0.15) is 0 Å². The fraction of sp³-hybridized carbons (Fsp3) is 0.188. The van der Waals surface area contributed by atoms with Crippen LogP contribution in [-0.2, 0) is 17.6 Å². The lowest BCUT2D eigenvalue weighted by Crippen LogP contribution is -2.06. The van der Waals surface area contributed by atoms with Crippen LogP contribution in [0.4, 0.5) is 0 Å². The molecule has 0 atom stereocenters. The van der Waals surface area contributed by atoms with E-state index in [-0.39, 0.29) is 12.8 Å². The van der Waals surface area contributed by atoms with Gasteiger partial charge < -0.3 is 15.3 Å². The molecule has 0 saturated carbocycles. The maximum absolute atomic E-state index is 10.8. The lowest BCUT2D eigenvalue weighted by atomic mass is 10.3. The molecule has 7 heteroatoms. The maximum Gasteiger partial charge on any atom is 0.308 e. The fourth-order valence-corrected chi connectivity index (χ4v) is 5.38. The number of aliphatic hydroxyl groups excluding tert-OH is 1. The van der Waals surface area contributed by atoms with Crippen LogP contribution in [0.5, 0.6) is 0 Å². The van der Waals surface area contributed by atoms with Crippen LogP contribution < -0.4 is 0 Å². The predicted molar refractivity (Wildman–Crippen MR) is 94.2 cm³/mol. The van der Waals surface area contributed by atoms with Crippen LogP contribution in [0.1, 0.15) is 9.75 Å². The van der Waals surface area contributed by atoms with Gasteiger partial charge in [-0.3, -0.25) is 4.79 Å². The van der Waals surface area contributed by atoms with Crippen LogP contribution in [0.2, 0.25) is 0 Å². The molecule has 0 bridgehead atoms. The van der Waals surface area contributed by atoms with Gasteiger partial charge in [0.25, 0.3) is 0 Å². The standard InChI is InChI=1S/C16H14O4S3/c17-15(18)7-9-1-3-11(21-9)13-5-6-14(23-13)12-4-2-10(22-12)8-16(19)20/h1-6,15,17-18H,7-8H2,(H,19,20). The molecule has 0 aromatic carbocycles. The van der Waals surface area contributed by atoms with Gasteiger partial charge in [0.2, 0.25) is 0 Å². The van der Waals surface area contributed by atoms with Gasteiger partial charge in [0, 0.05) is 35.7 Å². The first-order valence-electron chi connectivity index (χ1n) is 6.87. The molecule has 0 unspecified atom stereocenters. The zero-order valence-corrected chi connectivity index (χ0v) is 14.4. The quantitative estimate of drug-likeness (QED) is 0.582. The first kappa shape index (κ1) is 16.4. The molecule has 3 aromatic rings. The van der Waals surface area contributed by atoms with Gasteiger partial charge in [-0.1, -0.05) is 0 Å². The van der Waals surface area contributed by atoms with Crippen molar-refractivity contribution in [2.75, 3.05) is 0 Å². The number of carboxylic acids is 1. The van der Waals surface area contributed by atoms with E-state index >= 15 is 0 Å². The van der Waals surface area contributed by atoms with Crippen LogP contribution in [0, 0.1) is 0 Å². The van der Waals surface area contributed by atoms with Gasteiger partial charge in [-0.2, -0.15) is 0 Å². The summed E-state index contributed by atoms with van der Waals surface area (Å²) in [5.74, 6) is -0.817. The van der Waals surface area contributed by atoms with Crippen molar-refractivity contribution in [2.45, 2.75) is 19.1 Å². The third kappa shape index (κ3) is 4.07. The first-order chi connectivity index (χ1) is 11.0. The van der Waals surface area contributed by atoms with E-state index in [0.717, 1.165) is 29.3 Å². The van der Waals surface area contributed by atoms with E-state index in [9.17, 15) is 4.79 Å². The third-order valence-corrected chi connectivity index (χ3v) is 6.79. The van der Waals surface area contributed by atoms with Gasteiger partial charge in [0.05, 0.1) is 6.42 Å². The van der Waals surface area contributed by atoms with Crippen molar-refractivity contribution in [1.29, 1.82) is 0 Å². The Hall–Kier alpha value is -1.51. The van der Waals surface area contributed by atoms with Crippen LogP contribution >= 0.6 is 34.0 Å². The molecule has 0 amide bonds. The number of rotatable bonds is 6. The minimum absolute atomic E-state index is 0.0562. The highest BCUT2D eigenvalue weighted by atomic mass is 32.1. The largest absolute Gasteiger partial charge is 0.481 e. The molecule has 0 aliphatic carbocycles. The maximum atomic E-state index is 10.8. The molecule has 3 aromatic heterocycles. The van der Waals surface area contributed by atoms with Gasteiger partial charge in [-0.25, -0.2) is 0 Å². The van der Waals surface area contributed by atoms with Gasteiger partial charge in [-0.05, 0) is 36.4 Å². The van der Waals surface area contributed by atoms with E-state index in [0.29, 0.717) is 0 Å². The number of hydrogen-bond donors (Lipinski definition) is 3. The predicted octanol–water partition coefficient (Wildman–Crippen LogP) is 3.69. The molecule has 0 saturated heterocycles. The Kier molecular flexibility index (Phi) is 4.93. The summed E-state index contributed by atoms with van der Waals surface area (Å²) in [4.78, 5) is 16.9. The minimum atomic E-state index is -1.32. The summed E-state index contributed by atoms with van der Waals surface area (Å²) in [5.41, 5.74) is 0. The summed E-state index contributed by atoms with van der Waals surface area (Å²) >= 11 is 4.71. The summed E-state index contributed by atoms with van der Waals surface area (Å²) in [7, 11) is 0. The number of thiophene rings is 3. The Labute approximate surface area is 144 Å². The second kappa shape index (κ2) is 6.94. The summed E-state index contributed by atoms with van der Waals surface area (Å²) < 4.78 is 0. The summed E-state index contributed by atoms with van der Waals surface area (Å²) in [6, 6.07) is 11.8. The molecular weight excluding hydrogens is 352 g/mol. The van der Waals surface area contributed by atoms with E-state index in [1.807, 2.05) is 36.4 Å². The number of aliphatic hydroxyl groups is 2. The Balaban J connectivity index is 1.78. The van der Waals surface area contributed by atoms with Crippen molar-refractivity contribution in [3.8, 4) is 19.5 Å². The van der Waals surface area contributed by atoms with Crippen molar-refractivity contribution in [2.24, 2.45) is 0 Å². The molecular formula is C16H14O4S3. The zero-order valence-electron chi connectivity index (χ0n) is 11.9. The normalized spacial score (nSPS) is 11.3. The Morgan fingerprint density at radius 1 is 0.826 bits per heavy atom. The number of hydrogen-bond acceptors (Lipinski definition) is 6. The highest BCUT2D eigenvalue weighted by Crippen LogP contribution is 2.40. The Morgan fingerprint density at radius 2 is 1.30 bits per heavy atom. The topological polar surface area (TPSA) is 77.8 Å². The van der Waals surface area contributed by atoms with Crippen LogP contribution in [-0.4, -0.2) is 27.6 Å². The second-order valence-corrected chi connectivity index (χ2v) is 8.37. The van der Waals surface area contributed by atoms with Crippen molar-refractivity contribution in [3.05, 3.63) is 46.2 Å². The van der Waals surface area contributed by atoms with Gasteiger partial charge >= 0.3 is 5.97 Å². The van der Waals surface area contributed by atoms with E-state index < -0.39 is 12.3 Å². The summed E-state index contributed by atoms with van der Waals surface area (Å²) in [6.07, 6.45) is -1.02. The number of carbonyl (C=O) groups is 1. The van der Waals surface area contributed by atoms with Crippen LogP contribution in [0.3, 0.4) is 0 Å². The molecule has 23 heavy (non-hydrogen) atoms. The zero-order chi connectivity index (χ0) is 16.4. The molecule has 120 valence electrons. The minimum Gasteiger partial charge on any atom is -0.481 e. The molecule has 3 rings (SSSR count). The van der Waals surface area contributed by atoms with Crippen LogP contribution in [0.15, 0.2) is 36.4 Å². The second-order valence-electron chi connectivity index (χ2n) is 4.95. The lowest BCUT2D eigenvalue weighted by Gasteiger charge is -1.98. The summed E-state index contributed by atoms with van der Waals surface area (Å²) in [5, 5.41) is 26.9. The molecule has 0 radical (unpaired) electrons. The SMILES string of the molecule is O=C(O)Cc1ccc(-c2ccc(-c3ccc(CC(O)O)s3)s2)s1. The molecule has 0 fully saturated rings. The van der Waals surface area contributed by atoms with Crippen molar-refractivity contribution < 1.29 is 20.1 Å². The molecule has 0 aliphatic heterocycles. The van der Waals surface area contributed by atoms with Crippen molar-refractivity contribution in [1.82, 2.24) is 0 Å². The Morgan fingerprint density at radius 3 is 1.87 bits per heavy atom. The molecule has 3 heterocycles. The smallest absolute Gasteiger partial charge is 0.308 e. The summed E-state index contributed by atoms with van der Waals surface area (Å²) in [6.45, 7) is 0. The lowest BCUT2D eigenvalue weighted by molar-refractivity contribution is -0.136. The van der Waals surface area contributed by atoms with E-state index in [2.05, 4.69) is 0 Å². The Bertz CT molecular complexity index is 813. The average Bonchev–Trinajstić information content (AvgIpc) is 3.15. The van der Waals surface area contributed by atoms with Gasteiger partial charge in [-0.15, -0.1) is 34.0 Å². The van der Waals surface area contributed by atoms with E-state index in [1.54, 1.807) is 22.7 Å². The molecule has 0 aliphatic rings. The van der Waals surface area contributed by atoms with Crippen LogP contribution in [0.25, 0.3) is 19.5 Å². The van der Waals surface area contributed by atoms with Gasteiger partial charge in [0.15, 0.2) is 6.29 Å². The third-order valence-electron chi connectivity index (χ3n) is 3.12. The average molecular weight is 366 g/mol. The van der Waals surface area contributed by atoms with Crippen molar-refractivity contribution in [3.63, 3.8) is 0 Å². The number of carboxylic acid groups (broad SMARTS) is 1.